The number of halogens is 4. The van der Waals surface area contributed by atoms with E-state index in [2.05, 4.69) is 15.9 Å². The molecule has 1 unspecified atom stereocenters. The maximum atomic E-state index is 13.5. The Hall–Kier alpha value is -0.550. The van der Waals surface area contributed by atoms with E-state index >= 15 is 0 Å². The van der Waals surface area contributed by atoms with E-state index in [4.69, 9.17) is 5.73 Å². The zero-order chi connectivity index (χ0) is 11.6. The fourth-order valence-electron chi connectivity index (χ4n) is 1.17. The molecule has 15 heavy (non-hydrogen) atoms. The summed E-state index contributed by atoms with van der Waals surface area (Å²) in [7, 11) is 0. The van der Waals surface area contributed by atoms with E-state index in [0.717, 1.165) is 6.07 Å². The highest BCUT2D eigenvalue weighted by molar-refractivity contribution is 9.10. The van der Waals surface area contributed by atoms with E-state index in [1.807, 2.05) is 0 Å². The largest absolute Gasteiger partial charge is 0.328 e. The zero-order valence-corrected chi connectivity index (χ0v) is 9.74. The maximum absolute atomic E-state index is 13.5. The van der Waals surface area contributed by atoms with Crippen LogP contribution in [0.15, 0.2) is 16.6 Å². The molecule has 1 aromatic carbocycles. The van der Waals surface area contributed by atoms with E-state index in [1.54, 1.807) is 0 Å². The van der Waals surface area contributed by atoms with Gasteiger partial charge in [-0.2, -0.15) is 0 Å². The van der Waals surface area contributed by atoms with Gasteiger partial charge in [0.2, 0.25) is 0 Å². The van der Waals surface area contributed by atoms with E-state index in [0.29, 0.717) is 0 Å². The van der Waals surface area contributed by atoms with Crippen molar-refractivity contribution < 1.29 is 13.2 Å². The lowest BCUT2D eigenvalue weighted by Crippen LogP contribution is -2.32. The predicted octanol–water partition coefficient (Wildman–Crippen LogP) is 2.96. The molecule has 1 nitrogen and oxygen atoms in total. The van der Waals surface area contributed by atoms with Gasteiger partial charge < -0.3 is 5.73 Å². The molecule has 2 N–H and O–H groups in total. The van der Waals surface area contributed by atoms with Gasteiger partial charge in [-0.3, -0.25) is 0 Å². The van der Waals surface area contributed by atoms with Gasteiger partial charge in [0.15, 0.2) is 0 Å². The van der Waals surface area contributed by atoms with Gasteiger partial charge in [0.25, 0.3) is 0 Å². The fraction of sp³-hybridized carbons (Fsp3) is 0.400. The quantitative estimate of drug-likeness (QED) is 0.847. The predicted molar refractivity (Wildman–Crippen MR) is 56.3 cm³/mol. The molecule has 0 aromatic heterocycles. The minimum absolute atomic E-state index is 0.117. The highest BCUT2D eigenvalue weighted by Gasteiger charge is 2.26. The van der Waals surface area contributed by atoms with Crippen molar-refractivity contribution in [1.29, 1.82) is 0 Å². The number of hydrogen-bond donors (Lipinski definition) is 1. The molecule has 0 radical (unpaired) electrons. The fourth-order valence-corrected chi connectivity index (χ4v) is 1.54. The van der Waals surface area contributed by atoms with Crippen molar-refractivity contribution >= 4 is 15.9 Å². The first kappa shape index (κ1) is 12.5. The summed E-state index contributed by atoms with van der Waals surface area (Å²) in [6.07, 6.45) is -0.374. The maximum Gasteiger partial charge on any atom is 0.143 e. The van der Waals surface area contributed by atoms with Gasteiger partial charge in [-0.15, -0.1) is 0 Å². The molecule has 1 aromatic rings. The Morgan fingerprint density at radius 3 is 2.53 bits per heavy atom. The second-order valence-corrected chi connectivity index (χ2v) is 4.47. The molecule has 0 aliphatic rings. The number of hydrogen-bond acceptors (Lipinski definition) is 1. The second kappa shape index (κ2) is 4.53. The number of alkyl halides is 1. The summed E-state index contributed by atoms with van der Waals surface area (Å²) >= 11 is 2.91. The summed E-state index contributed by atoms with van der Waals surface area (Å²) in [5, 5.41) is 0. The van der Waals surface area contributed by atoms with Crippen LogP contribution < -0.4 is 5.73 Å². The Bertz CT molecular complexity index is 366. The van der Waals surface area contributed by atoms with E-state index in [-0.39, 0.29) is 23.0 Å². The molecule has 0 saturated carbocycles. The summed E-state index contributed by atoms with van der Waals surface area (Å²) in [5.41, 5.74) is 3.08. The molecule has 0 bridgehead atoms. The molecular formula is C10H11BrF3N. The summed E-state index contributed by atoms with van der Waals surface area (Å²) in [4.78, 5) is 0. The van der Waals surface area contributed by atoms with E-state index < -0.39 is 17.3 Å². The van der Waals surface area contributed by atoms with Gasteiger partial charge in [0, 0.05) is 18.5 Å². The molecule has 0 aliphatic heterocycles. The van der Waals surface area contributed by atoms with Crippen LogP contribution in [0.25, 0.3) is 0 Å². The number of nitrogens with two attached hydrogens (primary N) is 1. The van der Waals surface area contributed by atoms with Crippen LogP contribution in [0.2, 0.25) is 0 Å². The Morgan fingerprint density at radius 2 is 2.00 bits per heavy atom. The SMILES string of the molecule is CC(F)(CN)Cc1c(F)ccc(Br)c1F. The third-order valence-electron chi connectivity index (χ3n) is 2.11. The smallest absolute Gasteiger partial charge is 0.143 e. The van der Waals surface area contributed by atoms with Crippen LogP contribution in [0.4, 0.5) is 13.2 Å². The van der Waals surface area contributed by atoms with Crippen LogP contribution in [-0.4, -0.2) is 12.2 Å². The monoisotopic (exact) mass is 281 g/mol. The van der Waals surface area contributed by atoms with Crippen LogP contribution in [-0.2, 0) is 6.42 Å². The average Bonchev–Trinajstić information content (AvgIpc) is 2.19. The van der Waals surface area contributed by atoms with Gasteiger partial charge in [0.05, 0.1) is 4.47 Å². The van der Waals surface area contributed by atoms with Crippen molar-refractivity contribution in [3.8, 4) is 0 Å². The summed E-state index contributed by atoms with van der Waals surface area (Å²) in [6.45, 7) is 0.936. The molecule has 0 saturated heterocycles. The Balaban J connectivity index is 3.09. The van der Waals surface area contributed by atoms with Crippen molar-refractivity contribution in [2.75, 3.05) is 6.54 Å². The minimum Gasteiger partial charge on any atom is -0.328 e. The highest BCUT2D eigenvalue weighted by Crippen LogP contribution is 2.26. The molecule has 1 rings (SSSR count). The summed E-state index contributed by atoms with van der Waals surface area (Å²) in [5.74, 6) is -1.53. The molecule has 1 atom stereocenters. The molecule has 84 valence electrons. The molecular weight excluding hydrogens is 271 g/mol. The van der Waals surface area contributed by atoms with Gasteiger partial charge in [-0.1, -0.05) is 0 Å². The topological polar surface area (TPSA) is 26.0 Å². The van der Waals surface area contributed by atoms with Crippen molar-refractivity contribution in [2.24, 2.45) is 5.73 Å². The van der Waals surface area contributed by atoms with Gasteiger partial charge in [0.1, 0.15) is 17.3 Å². The van der Waals surface area contributed by atoms with Crippen LogP contribution >= 0.6 is 15.9 Å². The molecule has 0 aliphatic carbocycles. The summed E-state index contributed by atoms with van der Waals surface area (Å²) in [6, 6.07) is 2.33. The molecule has 0 heterocycles. The third-order valence-corrected chi connectivity index (χ3v) is 2.72. The van der Waals surface area contributed by atoms with E-state index in [1.165, 1.54) is 13.0 Å². The number of rotatable bonds is 3. The van der Waals surface area contributed by atoms with Crippen LogP contribution in [0, 0.1) is 11.6 Å². The Morgan fingerprint density at radius 1 is 1.40 bits per heavy atom. The van der Waals surface area contributed by atoms with Crippen molar-refractivity contribution in [1.82, 2.24) is 0 Å². The van der Waals surface area contributed by atoms with Gasteiger partial charge >= 0.3 is 0 Å². The first-order valence-corrected chi connectivity index (χ1v) is 5.18. The van der Waals surface area contributed by atoms with Crippen molar-refractivity contribution in [3.63, 3.8) is 0 Å². The van der Waals surface area contributed by atoms with Crippen LogP contribution in [0.1, 0.15) is 12.5 Å². The average molecular weight is 282 g/mol. The van der Waals surface area contributed by atoms with Crippen molar-refractivity contribution in [2.45, 2.75) is 19.0 Å². The van der Waals surface area contributed by atoms with Crippen molar-refractivity contribution in [3.05, 3.63) is 33.8 Å². The normalized spacial score (nSPS) is 15.1. The van der Waals surface area contributed by atoms with Crippen LogP contribution in [0.5, 0.6) is 0 Å². The zero-order valence-electron chi connectivity index (χ0n) is 8.16. The Kier molecular flexibility index (Phi) is 3.78. The van der Waals surface area contributed by atoms with E-state index in [9.17, 15) is 13.2 Å². The number of benzene rings is 1. The first-order valence-electron chi connectivity index (χ1n) is 4.39. The van der Waals surface area contributed by atoms with Crippen LogP contribution in [0.3, 0.4) is 0 Å². The van der Waals surface area contributed by atoms with Gasteiger partial charge in [-0.05, 0) is 35.0 Å². The molecule has 5 heteroatoms. The third kappa shape index (κ3) is 2.95. The minimum atomic E-state index is -1.80. The lowest BCUT2D eigenvalue weighted by Gasteiger charge is -2.18. The lowest BCUT2D eigenvalue weighted by atomic mass is 9.97. The summed E-state index contributed by atoms with van der Waals surface area (Å²) < 4.78 is 40.3. The van der Waals surface area contributed by atoms with Gasteiger partial charge in [-0.25, -0.2) is 13.2 Å². The lowest BCUT2D eigenvalue weighted by molar-refractivity contribution is 0.196. The standard InChI is InChI=1S/C10H11BrF3N/c1-10(14,5-15)4-6-8(12)3-2-7(11)9(6)13/h2-3H,4-5,15H2,1H3. The second-order valence-electron chi connectivity index (χ2n) is 3.62. The molecule has 0 spiro atoms. The highest BCUT2D eigenvalue weighted by atomic mass is 79.9. The first-order chi connectivity index (χ1) is 6.87. The Labute approximate surface area is 94.6 Å². The molecule has 0 fully saturated rings. The molecule has 0 amide bonds.